The van der Waals surface area contributed by atoms with Crippen LogP contribution in [0, 0.1) is 0 Å². The molecule has 1 saturated carbocycles. The summed E-state index contributed by atoms with van der Waals surface area (Å²) >= 11 is 0. The fraction of sp³-hybridized carbons (Fsp3) is 0.571. The Hall–Kier alpha value is -1.29. The van der Waals surface area contributed by atoms with E-state index in [9.17, 15) is 9.50 Å². The van der Waals surface area contributed by atoms with Gasteiger partial charge in [-0.15, -0.1) is 0 Å². The zero-order valence-electron chi connectivity index (χ0n) is 10.4. The summed E-state index contributed by atoms with van der Waals surface area (Å²) in [6.07, 6.45) is 1.06. The van der Waals surface area contributed by atoms with Crippen molar-refractivity contribution in [2.75, 3.05) is 13.2 Å². The maximum absolute atomic E-state index is 13.7. The van der Waals surface area contributed by atoms with E-state index >= 15 is 0 Å². The molecule has 1 aliphatic carbocycles. The minimum absolute atomic E-state index is 0.513. The highest BCUT2D eigenvalue weighted by Crippen LogP contribution is 2.50. The fourth-order valence-corrected chi connectivity index (χ4v) is 2.34. The second kappa shape index (κ2) is 4.12. The molecule has 1 N–H and O–H groups in total. The summed E-state index contributed by atoms with van der Waals surface area (Å²) in [6, 6.07) is 3.43. The first-order valence-corrected chi connectivity index (χ1v) is 6.41. The van der Waals surface area contributed by atoms with Gasteiger partial charge >= 0.3 is 0 Å². The van der Waals surface area contributed by atoms with Crippen molar-refractivity contribution in [3.8, 4) is 11.5 Å². The van der Waals surface area contributed by atoms with Gasteiger partial charge in [0.15, 0.2) is 11.5 Å². The van der Waals surface area contributed by atoms with Crippen molar-refractivity contribution < 1.29 is 19.0 Å². The molecule has 1 heterocycles. The van der Waals surface area contributed by atoms with Gasteiger partial charge in [-0.25, -0.2) is 4.39 Å². The highest BCUT2D eigenvalue weighted by Gasteiger charge is 2.45. The van der Waals surface area contributed by atoms with E-state index in [0.717, 1.165) is 6.42 Å². The predicted molar refractivity (Wildman–Crippen MR) is 64.7 cm³/mol. The van der Waals surface area contributed by atoms with Gasteiger partial charge in [-0.3, -0.25) is 0 Å². The third-order valence-corrected chi connectivity index (χ3v) is 3.57. The number of fused-ring (bicyclic) bond motifs is 1. The zero-order chi connectivity index (χ0) is 12.8. The molecule has 2 aliphatic rings. The van der Waals surface area contributed by atoms with E-state index < -0.39 is 11.8 Å². The Bertz CT molecular complexity index is 466. The van der Waals surface area contributed by atoms with Crippen LogP contribution in [0.4, 0.5) is 4.39 Å². The average molecular weight is 252 g/mol. The minimum atomic E-state index is -1.12. The fourth-order valence-electron chi connectivity index (χ4n) is 2.34. The zero-order valence-corrected chi connectivity index (χ0v) is 10.4. The lowest BCUT2D eigenvalue weighted by molar-refractivity contribution is 0.147. The lowest BCUT2D eigenvalue weighted by Crippen LogP contribution is -2.10. The van der Waals surface area contributed by atoms with Gasteiger partial charge in [0.1, 0.15) is 6.17 Å². The second-order valence-electron chi connectivity index (χ2n) is 5.08. The molecule has 0 aromatic heterocycles. The average Bonchev–Trinajstić information content (AvgIpc) is 3.11. The number of aliphatic hydroxyl groups is 1. The number of ether oxygens (including phenoxy) is 2. The molecule has 18 heavy (non-hydrogen) atoms. The molecule has 3 rings (SSSR count). The van der Waals surface area contributed by atoms with E-state index in [1.807, 2.05) is 0 Å². The van der Waals surface area contributed by atoms with Crippen molar-refractivity contribution in [1.82, 2.24) is 0 Å². The third kappa shape index (κ3) is 1.94. The number of benzene rings is 1. The van der Waals surface area contributed by atoms with Gasteiger partial charge in [0, 0.05) is 6.42 Å². The van der Waals surface area contributed by atoms with E-state index in [1.54, 1.807) is 12.1 Å². The first-order valence-electron chi connectivity index (χ1n) is 6.41. The smallest absolute Gasteiger partial charge is 0.161 e. The van der Waals surface area contributed by atoms with E-state index in [0.29, 0.717) is 48.7 Å². The molecule has 0 saturated heterocycles. The standard InChI is InChI=1S/C14H17FO3/c1-9(15)10-7-12-13(18-6-2-5-17-12)8-11(10)14(16)3-4-14/h7-9,16H,2-6H2,1H3. The Morgan fingerprint density at radius 2 is 1.83 bits per heavy atom. The molecule has 1 unspecified atom stereocenters. The first kappa shape index (κ1) is 11.8. The van der Waals surface area contributed by atoms with Gasteiger partial charge in [0.25, 0.3) is 0 Å². The summed E-state index contributed by atoms with van der Waals surface area (Å²) in [5.74, 6) is 1.20. The molecule has 0 bridgehead atoms. The van der Waals surface area contributed by atoms with Crippen molar-refractivity contribution in [2.45, 2.75) is 38.0 Å². The van der Waals surface area contributed by atoms with Gasteiger partial charge in [0.2, 0.25) is 0 Å². The van der Waals surface area contributed by atoms with Crippen molar-refractivity contribution in [1.29, 1.82) is 0 Å². The van der Waals surface area contributed by atoms with Crippen LogP contribution in [0.3, 0.4) is 0 Å². The van der Waals surface area contributed by atoms with E-state index in [-0.39, 0.29) is 0 Å². The van der Waals surface area contributed by atoms with Crippen LogP contribution in [0.5, 0.6) is 11.5 Å². The van der Waals surface area contributed by atoms with Crippen molar-refractivity contribution in [3.63, 3.8) is 0 Å². The van der Waals surface area contributed by atoms with Crippen LogP contribution in [-0.2, 0) is 5.60 Å². The molecule has 0 amide bonds. The van der Waals surface area contributed by atoms with Gasteiger partial charge in [-0.1, -0.05) is 0 Å². The predicted octanol–water partition coefficient (Wildman–Crippen LogP) is 2.86. The van der Waals surface area contributed by atoms with Crippen LogP contribution < -0.4 is 9.47 Å². The molecule has 4 heteroatoms. The largest absolute Gasteiger partial charge is 0.490 e. The van der Waals surface area contributed by atoms with Crippen LogP contribution in [0.25, 0.3) is 0 Å². The number of hydrogen-bond acceptors (Lipinski definition) is 3. The Balaban J connectivity index is 2.09. The quantitative estimate of drug-likeness (QED) is 0.879. The molecule has 1 atom stereocenters. The van der Waals surface area contributed by atoms with Crippen LogP contribution in [0.2, 0.25) is 0 Å². The van der Waals surface area contributed by atoms with Crippen molar-refractivity contribution in [3.05, 3.63) is 23.3 Å². The number of halogens is 1. The van der Waals surface area contributed by atoms with E-state index in [2.05, 4.69) is 0 Å². The van der Waals surface area contributed by atoms with Crippen LogP contribution in [0.1, 0.15) is 43.5 Å². The topological polar surface area (TPSA) is 38.7 Å². The molecule has 1 aromatic rings. The van der Waals surface area contributed by atoms with E-state index in [1.165, 1.54) is 6.92 Å². The third-order valence-electron chi connectivity index (χ3n) is 3.57. The molecular formula is C14H17FO3. The Morgan fingerprint density at radius 3 is 2.39 bits per heavy atom. The Morgan fingerprint density at radius 1 is 1.22 bits per heavy atom. The number of rotatable bonds is 2. The van der Waals surface area contributed by atoms with Gasteiger partial charge in [0.05, 0.1) is 18.8 Å². The normalized spacial score (nSPS) is 22.2. The summed E-state index contributed by atoms with van der Waals surface area (Å²) in [5, 5.41) is 10.2. The maximum Gasteiger partial charge on any atom is 0.161 e. The van der Waals surface area contributed by atoms with Crippen molar-refractivity contribution >= 4 is 0 Å². The maximum atomic E-state index is 13.7. The molecule has 98 valence electrons. The lowest BCUT2D eigenvalue weighted by Gasteiger charge is -2.18. The molecule has 0 radical (unpaired) electrons. The summed E-state index contributed by atoms with van der Waals surface area (Å²) in [4.78, 5) is 0. The molecule has 3 nitrogen and oxygen atoms in total. The van der Waals surface area contributed by atoms with Crippen LogP contribution >= 0.6 is 0 Å². The lowest BCUT2D eigenvalue weighted by atomic mass is 9.97. The molecule has 0 spiro atoms. The SMILES string of the molecule is CC(F)c1cc2c(cc1C1(O)CC1)OCCCO2. The monoisotopic (exact) mass is 252 g/mol. The highest BCUT2D eigenvalue weighted by molar-refractivity contribution is 5.51. The van der Waals surface area contributed by atoms with Crippen LogP contribution in [-0.4, -0.2) is 18.3 Å². The number of alkyl halides is 1. The Kier molecular flexibility index (Phi) is 2.70. The highest BCUT2D eigenvalue weighted by atomic mass is 19.1. The summed E-state index contributed by atoms with van der Waals surface area (Å²) in [6.45, 7) is 2.65. The first-order chi connectivity index (χ1) is 8.60. The van der Waals surface area contributed by atoms with Gasteiger partial charge in [-0.2, -0.15) is 0 Å². The number of hydrogen-bond donors (Lipinski definition) is 1. The summed E-state index contributed by atoms with van der Waals surface area (Å²) in [7, 11) is 0. The van der Waals surface area contributed by atoms with Gasteiger partial charge < -0.3 is 14.6 Å². The summed E-state index contributed by atoms with van der Waals surface area (Å²) in [5.41, 5.74) is 0.307. The molecule has 1 aliphatic heterocycles. The van der Waals surface area contributed by atoms with E-state index in [4.69, 9.17) is 9.47 Å². The second-order valence-corrected chi connectivity index (χ2v) is 5.08. The van der Waals surface area contributed by atoms with Crippen LogP contribution in [0.15, 0.2) is 12.1 Å². The Labute approximate surface area is 106 Å². The van der Waals surface area contributed by atoms with Gasteiger partial charge in [-0.05, 0) is 43.0 Å². The molecule has 1 fully saturated rings. The van der Waals surface area contributed by atoms with Crippen molar-refractivity contribution in [2.24, 2.45) is 0 Å². The molecular weight excluding hydrogens is 235 g/mol. The minimum Gasteiger partial charge on any atom is -0.490 e. The molecule has 1 aromatic carbocycles. The summed E-state index contributed by atoms with van der Waals surface area (Å²) < 4.78 is 24.9.